The first-order chi connectivity index (χ1) is 12.2. The van der Waals surface area contributed by atoms with Gasteiger partial charge in [0.05, 0.1) is 12.1 Å². The number of hydrazone groups is 1. The van der Waals surface area contributed by atoms with Crippen LogP contribution in [0.25, 0.3) is 0 Å². The minimum absolute atomic E-state index is 0.0311. The maximum absolute atomic E-state index is 12.3. The van der Waals surface area contributed by atoms with E-state index in [-0.39, 0.29) is 24.2 Å². The van der Waals surface area contributed by atoms with E-state index in [4.69, 9.17) is 0 Å². The van der Waals surface area contributed by atoms with Gasteiger partial charge in [0.1, 0.15) is 0 Å². The summed E-state index contributed by atoms with van der Waals surface area (Å²) in [7, 11) is 0. The van der Waals surface area contributed by atoms with Gasteiger partial charge in [-0.25, -0.2) is 5.43 Å². The molecule has 25 heavy (non-hydrogen) atoms. The smallest absolute Gasteiger partial charge is 0.245 e. The average molecular weight is 335 g/mol. The van der Waals surface area contributed by atoms with Gasteiger partial charge in [-0.05, 0) is 29.7 Å². The summed E-state index contributed by atoms with van der Waals surface area (Å²) >= 11 is 0. The maximum atomic E-state index is 12.3. The third-order valence-corrected chi connectivity index (χ3v) is 4.34. The van der Waals surface area contributed by atoms with Crippen molar-refractivity contribution in [2.45, 2.75) is 19.8 Å². The van der Waals surface area contributed by atoms with Crippen molar-refractivity contribution in [1.29, 1.82) is 0 Å². The summed E-state index contributed by atoms with van der Waals surface area (Å²) in [5.41, 5.74) is 5.50. The zero-order chi connectivity index (χ0) is 17.6. The molecule has 2 aromatic rings. The van der Waals surface area contributed by atoms with E-state index in [2.05, 4.69) is 17.5 Å². The molecule has 1 heterocycles. The lowest BCUT2D eigenvalue weighted by Crippen LogP contribution is -2.30. The molecule has 0 spiro atoms. The van der Waals surface area contributed by atoms with E-state index in [1.807, 2.05) is 54.6 Å². The second-order valence-electron chi connectivity index (χ2n) is 6.07. The highest BCUT2D eigenvalue weighted by molar-refractivity contribution is 6.00. The van der Waals surface area contributed by atoms with E-state index < -0.39 is 0 Å². The van der Waals surface area contributed by atoms with Gasteiger partial charge in [-0.15, -0.1) is 0 Å². The predicted molar refractivity (Wildman–Crippen MR) is 98.5 cm³/mol. The third kappa shape index (κ3) is 4.12. The van der Waals surface area contributed by atoms with Crippen molar-refractivity contribution in [2.75, 3.05) is 11.4 Å². The van der Waals surface area contributed by atoms with Crippen molar-refractivity contribution in [3.05, 3.63) is 65.7 Å². The standard InChI is InChI=1S/C20H21N3O2/c1-2-15-8-10-18(11-9-15)23-14-17(12-19(23)24)20(25)22-21-13-16-6-4-3-5-7-16/h3-11,13,17H,2,12,14H2,1H3,(H,22,25)/b21-13+/t17-/m1/s1. The van der Waals surface area contributed by atoms with Crippen molar-refractivity contribution < 1.29 is 9.59 Å². The molecule has 1 saturated heterocycles. The number of anilines is 1. The maximum Gasteiger partial charge on any atom is 0.245 e. The van der Waals surface area contributed by atoms with E-state index in [0.29, 0.717) is 6.54 Å². The monoisotopic (exact) mass is 335 g/mol. The first kappa shape index (κ1) is 16.9. The molecule has 1 fully saturated rings. The summed E-state index contributed by atoms with van der Waals surface area (Å²) < 4.78 is 0. The average Bonchev–Trinajstić information content (AvgIpc) is 3.04. The Kier molecular flexibility index (Phi) is 5.23. The summed E-state index contributed by atoms with van der Waals surface area (Å²) in [6, 6.07) is 17.4. The quantitative estimate of drug-likeness (QED) is 0.674. The molecule has 0 saturated carbocycles. The van der Waals surface area contributed by atoms with Gasteiger partial charge in [-0.2, -0.15) is 5.10 Å². The normalized spacial score (nSPS) is 17.2. The van der Waals surface area contributed by atoms with Gasteiger partial charge >= 0.3 is 0 Å². The van der Waals surface area contributed by atoms with E-state index in [1.54, 1.807) is 11.1 Å². The topological polar surface area (TPSA) is 61.8 Å². The third-order valence-electron chi connectivity index (χ3n) is 4.34. The van der Waals surface area contributed by atoms with E-state index in [1.165, 1.54) is 5.56 Å². The first-order valence-electron chi connectivity index (χ1n) is 8.44. The van der Waals surface area contributed by atoms with Crippen LogP contribution in [-0.2, 0) is 16.0 Å². The molecule has 2 aromatic carbocycles. The number of benzene rings is 2. The fourth-order valence-corrected chi connectivity index (χ4v) is 2.85. The molecule has 0 unspecified atom stereocenters. The number of hydrogen-bond acceptors (Lipinski definition) is 3. The molecule has 0 bridgehead atoms. The number of nitrogens with one attached hydrogen (secondary N) is 1. The Morgan fingerprint density at radius 3 is 2.60 bits per heavy atom. The van der Waals surface area contributed by atoms with Gasteiger partial charge < -0.3 is 4.90 Å². The zero-order valence-electron chi connectivity index (χ0n) is 14.2. The Hall–Kier alpha value is -2.95. The van der Waals surface area contributed by atoms with E-state index in [9.17, 15) is 9.59 Å². The molecule has 0 aliphatic carbocycles. The Bertz CT molecular complexity index is 769. The molecular formula is C20H21N3O2. The fourth-order valence-electron chi connectivity index (χ4n) is 2.85. The molecule has 3 rings (SSSR count). The van der Waals surface area contributed by atoms with Crippen LogP contribution in [0.5, 0.6) is 0 Å². The summed E-state index contributed by atoms with van der Waals surface area (Å²) in [6.07, 6.45) is 2.76. The zero-order valence-corrected chi connectivity index (χ0v) is 14.2. The number of hydrogen-bond donors (Lipinski definition) is 1. The van der Waals surface area contributed by atoms with Crippen LogP contribution >= 0.6 is 0 Å². The lowest BCUT2D eigenvalue weighted by Gasteiger charge is -2.16. The first-order valence-corrected chi connectivity index (χ1v) is 8.44. The molecule has 128 valence electrons. The molecule has 1 aliphatic rings. The highest BCUT2D eigenvalue weighted by atomic mass is 16.2. The molecule has 1 aliphatic heterocycles. The highest BCUT2D eigenvalue weighted by Gasteiger charge is 2.35. The summed E-state index contributed by atoms with van der Waals surface area (Å²) in [4.78, 5) is 26.2. The second kappa shape index (κ2) is 7.75. The summed E-state index contributed by atoms with van der Waals surface area (Å²) in [5, 5.41) is 3.98. The van der Waals surface area contributed by atoms with Crippen LogP contribution < -0.4 is 10.3 Å². The lowest BCUT2D eigenvalue weighted by molar-refractivity contribution is -0.126. The van der Waals surface area contributed by atoms with Gasteiger partial charge in [-0.3, -0.25) is 9.59 Å². The van der Waals surface area contributed by atoms with Gasteiger partial charge in [0.15, 0.2) is 0 Å². The van der Waals surface area contributed by atoms with E-state index >= 15 is 0 Å². The van der Waals surface area contributed by atoms with Crippen LogP contribution in [-0.4, -0.2) is 24.6 Å². The summed E-state index contributed by atoms with van der Waals surface area (Å²) in [5.74, 6) is -0.643. The number of rotatable bonds is 5. The van der Waals surface area contributed by atoms with Crippen LogP contribution in [0.3, 0.4) is 0 Å². The second-order valence-corrected chi connectivity index (χ2v) is 6.07. The fraction of sp³-hybridized carbons (Fsp3) is 0.250. The molecule has 2 amide bonds. The van der Waals surface area contributed by atoms with Crippen LogP contribution in [0.15, 0.2) is 59.7 Å². The predicted octanol–water partition coefficient (Wildman–Crippen LogP) is 2.75. The number of nitrogens with zero attached hydrogens (tertiary/aromatic N) is 2. The Morgan fingerprint density at radius 2 is 1.92 bits per heavy atom. The van der Waals surface area contributed by atoms with Gasteiger partial charge in [0.2, 0.25) is 11.8 Å². The number of carbonyl (C=O) groups is 2. The van der Waals surface area contributed by atoms with Gasteiger partial charge in [0.25, 0.3) is 0 Å². The molecule has 0 aromatic heterocycles. The van der Waals surface area contributed by atoms with Crippen LogP contribution in [0.1, 0.15) is 24.5 Å². The van der Waals surface area contributed by atoms with Crippen molar-refractivity contribution in [3.63, 3.8) is 0 Å². The minimum atomic E-state index is -0.383. The molecule has 1 atom stereocenters. The molecule has 5 heteroatoms. The minimum Gasteiger partial charge on any atom is -0.312 e. The SMILES string of the molecule is CCc1ccc(N2C[C@H](C(=O)N/N=C/c3ccccc3)CC2=O)cc1. The van der Waals surface area contributed by atoms with E-state index in [0.717, 1.165) is 17.7 Å². The van der Waals surface area contributed by atoms with Crippen molar-refractivity contribution in [1.82, 2.24) is 5.43 Å². The highest BCUT2D eigenvalue weighted by Crippen LogP contribution is 2.25. The number of amides is 2. The molecular weight excluding hydrogens is 314 g/mol. The number of aryl methyl sites for hydroxylation is 1. The van der Waals surface area contributed by atoms with Gasteiger partial charge in [-0.1, -0.05) is 49.4 Å². The van der Waals surface area contributed by atoms with Gasteiger partial charge in [0, 0.05) is 18.7 Å². The van der Waals surface area contributed by atoms with Crippen LogP contribution in [0.4, 0.5) is 5.69 Å². The number of carbonyl (C=O) groups excluding carboxylic acids is 2. The summed E-state index contributed by atoms with van der Waals surface area (Å²) in [6.45, 7) is 2.48. The Labute approximate surface area is 147 Å². The molecule has 1 N–H and O–H groups in total. The largest absolute Gasteiger partial charge is 0.312 e. The Morgan fingerprint density at radius 1 is 1.20 bits per heavy atom. The van der Waals surface area contributed by atoms with Crippen molar-refractivity contribution in [2.24, 2.45) is 11.0 Å². The lowest BCUT2D eigenvalue weighted by atomic mass is 10.1. The van der Waals surface area contributed by atoms with Crippen molar-refractivity contribution in [3.8, 4) is 0 Å². The van der Waals surface area contributed by atoms with Crippen molar-refractivity contribution >= 4 is 23.7 Å². The Balaban J connectivity index is 1.59. The molecule has 0 radical (unpaired) electrons. The van der Waals surface area contributed by atoms with Crippen LogP contribution in [0.2, 0.25) is 0 Å². The van der Waals surface area contributed by atoms with Crippen LogP contribution in [0, 0.1) is 5.92 Å². The molecule has 5 nitrogen and oxygen atoms in total.